The molecular formula is C32H20N2O8. The van der Waals surface area contributed by atoms with Crippen molar-refractivity contribution in [3.8, 4) is 11.5 Å². The molecule has 3 N–H and O–H groups in total. The van der Waals surface area contributed by atoms with Crippen LogP contribution in [0.4, 0.5) is 5.69 Å². The summed E-state index contributed by atoms with van der Waals surface area (Å²) < 4.78 is 10.9. The fraction of sp³-hybridized carbons (Fsp3) is 0.0312. The minimum atomic E-state index is -1.34. The Morgan fingerprint density at radius 3 is 2.00 bits per heavy atom. The molecule has 1 aliphatic heterocycles. The Morgan fingerprint density at radius 2 is 1.36 bits per heavy atom. The maximum atomic E-state index is 12.4. The number of aliphatic imine (C=N–C) groups is 1. The van der Waals surface area contributed by atoms with Crippen molar-refractivity contribution in [2.24, 2.45) is 4.99 Å². The first-order chi connectivity index (χ1) is 20.2. The molecule has 10 nitrogen and oxygen atoms in total. The predicted octanol–water partition coefficient (Wildman–Crippen LogP) is 5.52. The van der Waals surface area contributed by atoms with Crippen LogP contribution in [0.3, 0.4) is 0 Å². The van der Waals surface area contributed by atoms with E-state index in [-0.39, 0.29) is 33.9 Å². The quantitative estimate of drug-likeness (QED) is 0.227. The summed E-state index contributed by atoms with van der Waals surface area (Å²) >= 11 is 0. The molecule has 0 amide bonds. The lowest BCUT2D eigenvalue weighted by molar-refractivity contribution is -0.0316. The van der Waals surface area contributed by atoms with E-state index in [0.29, 0.717) is 22.3 Å². The van der Waals surface area contributed by atoms with E-state index in [1.807, 2.05) is 36.4 Å². The van der Waals surface area contributed by atoms with Crippen LogP contribution < -0.4 is 5.63 Å². The largest absolute Gasteiger partial charge is 0.478 e. The maximum absolute atomic E-state index is 12.4. The van der Waals surface area contributed by atoms with Crippen LogP contribution in [0.2, 0.25) is 0 Å². The smallest absolute Gasteiger partial charge is 0.347 e. The molecule has 0 aliphatic carbocycles. The highest BCUT2D eigenvalue weighted by molar-refractivity contribution is 5.98. The lowest BCUT2D eigenvalue weighted by Crippen LogP contribution is -2.17. The number of rotatable bonds is 6. The lowest BCUT2D eigenvalue weighted by Gasteiger charge is -2.22. The Balaban J connectivity index is 1.17. The van der Waals surface area contributed by atoms with Gasteiger partial charge in [0.05, 0.1) is 27.7 Å². The van der Waals surface area contributed by atoms with Gasteiger partial charge in [0.25, 0.3) is 0 Å². The molecule has 6 rings (SSSR count). The molecule has 4 aromatic carbocycles. The van der Waals surface area contributed by atoms with Gasteiger partial charge in [0.2, 0.25) is 18.1 Å². The summed E-state index contributed by atoms with van der Waals surface area (Å²) in [5.74, 6) is -1.89. The third-order valence-corrected chi connectivity index (χ3v) is 6.64. The number of carboxylic acids is 2. The fourth-order valence-electron chi connectivity index (χ4n) is 4.42. The van der Waals surface area contributed by atoms with Crippen molar-refractivity contribution < 1.29 is 34.1 Å². The lowest BCUT2D eigenvalue weighted by atomic mass is 10.1. The van der Waals surface area contributed by atoms with Gasteiger partial charge >= 0.3 is 17.6 Å². The van der Waals surface area contributed by atoms with E-state index in [1.54, 1.807) is 24.3 Å². The first kappa shape index (κ1) is 26.4. The number of carbonyl (C=O) groups is 2. The van der Waals surface area contributed by atoms with Crippen molar-refractivity contribution in [1.29, 1.82) is 0 Å². The number of carboxylic acid groups (broad SMARTS) is 2. The van der Waals surface area contributed by atoms with Gasteiger partial charge in [-0.3, -0.25) is 0 Å². The van der Waals surface area contributed by atoms with Crippen LogP contribution in [0.1, 0.15) is 49.3 Å². The maximum Gasteiger partial charge on any atom is 0.347 e. The standard InChI is InChI=1S/C32H20N2O8/c35-29(36)21-11-13-25-23(15-21)31(39)41-27(33-25)19-7-3-17(4-8-19)1-2-18-5-9-20(10-6-18)28-34-26-14-12-22(30(37)38)16-24(26)32(40)42-28/h1-16,31,39H,(H,35,36)(H,37,38)/b2-1+. The van der Waals surface area contributed by atoms with E-state index in [9.17, 15) is 24.6 Å². The van der Waals surface area contributed by atoms with Gasteiger partial charge in [-0.05, 0) is 71.8 Å². The zero-order chi connectivity index (χ0) is 29.4. The molecule has 42 heavy (non-hydrogen) atoms. The molecule has 1 aliphatic rings. The average molecular weight is 561 g/mol. The highest BCUT2D eigenvalue weighted by Gasteiger charge is 2.24. The second-order valence-electron chi connectivity index (χ2n) is 9.39. The number of aromatic nitrogens is 1. The Labute approximate surface area is 237 Å². The van der Waals surface area contributed by atoms with Crippen molar-refractivity contribution in [2.45, 2.75) is 6.29 Å². The molecule has 1 atom stereocenters. The van der Waals surface area contributed by atoms with Gasteiger partial charge in [-0.15, -0.1) is 0 Å². The van der Waals surface area contributed by atoms with Gasteiger partial charge in [-0.1, -0.05) is 36.4 Å². The Bertz CT molecular complexity index is 1990. The summed E-state index contributed by atoms with van der Waals surface area (Å²) in [7, 11) is 0. The number of aromatic carboxylic acids is 2. The second-order valence-corrected chi connectivity index (χ2v) is 9.39. The average Bonchev–Trinajstić information content (AvgIpc) is 3.00. The monoisotopic (exact) mass is 560 g/mol. The van der Waals surface area contributed by atoms with Crippen LogP contribution >= 0.6 is 0 Å². The van der Waals surface area contributed by atoms with E-state index in [4.69, 9.17) is 14.3 Å². The summed E-state index contributed by atoms with van der Waals surface area (Å²) in [5.41, 5.74) is 3.44. The Morgan fingerprint density at radius 1 is 0.762 bits per heavy atom. The highest BCUT2D eigenvalue weighted by Crippen LogP contribution is 2.33. The van der Waals surface area contributed by atoms with Gasteiger partial charge in [0, 0.05) is 16.7 Å². The molecular weight excluding hydrogens is 540 g/mol. The first-order valence-corrected chi connectivity index (χ1v) is 12.6. The number of aliphatic hydroxyl groups is 1. The van der Waals surface area contributed by atoms with Crippen LogP contribution in [-0.2, 0) is 4.74 Å². The molecule has 2 heterocycles. The number of fused-ring (bicyclic) bond motifs is 2. The van der Waals surface area contributed by atoms with Crippen LogP contribution in [-0.4, -0.2) is 38.1 Å². The summed E-state index contributed by atoms with van der Waals surface area (Å²) in [6, 6.07) is 23.0. The summed E-state index contributed by atoms with van der Waals surface area (Å²) in [6.07, 6.45) is 2.48. The SMILES string of the molecule is O=C(O)c1ccc2c(c1)C(O)OC(c1ccc(/C=C/c3ccc(-c4nc5ccc(C(=O)O)cc5c(=O)o4)cc3)cc1)=N2. The van der Waals surface area contributed by atoms with Gasteiger partial charge in [-0.25, -0.2) is 24.4 Å². The van der Waals surface area contributed by atoms with E-state index >= 15 is 0 Å². The van der Waals surface area contributed by atoms with Gasteiger partial charge in [0.15, 0.2) is 0 Å². The van der Waals surface area contributed by atoms with Crippen LogP contribution in [0.15, 0.2) is 99.1 Å². The predicted molar refractivity (Wildman–Crippen MR) is 154 cm³/mol. The molecule has 10 heteroatoms. The third kappa shape index (κ3) is 5.17. The fourth-order valence-corrected chi connectivity index (χ4v) is 4.42. The van der Waals surface area contributed by atoms with Crippen molar-refractivity contribution in [3.05, 3.63) is 129 Å². The number of hydrogen-bond acceptors (Lipinski definition) is 8. The number of ether oxygens (including phenoxy) is 1. The van der Waals surface area contributed by atoms with E-state index in [0.717, 1.165) is 11.1 Å². The van der Waals surface area contributed by atoms with Crippen molar-refractivity contribution in [2.75, 3.05) is 0 Å². The van der Waals surface area contributed by atoms with E-state index < -0.39 is 23.9 Å². The number of benzene rings is 4. The normalized spacial score (nSPS) is 14.3. The molecule has 0 bridgehead atoms. The Hall–Kier alpha value is -5.87. The third-order valence-electron chi connectivity index (χ3n) is 6.64. The highest BCUT2D eigenvalue weighted by atomic mass is 16.6. The molecule has 0 radical (unpaired) electrons. The zero-order valence-corrected chi connectivity index (χ0v) is 21.6. The number of hydrogen-bond donors (Lipinski definition) is 3. The minimum absolute atomic E-state index is 0.0200. The number of nitrogens with zero attached hydrogens (tertiary/aromatic N) is 2. The van der Waals surface area contributed by atoms with Gasteiger partial charge in [0.1, 0.15) is 0 Å². The molecule has 0 saturated carbocycles. The molecule has 0 spiro atoms. The van der Waals surface area contributed by atoms with Gasteiger partial charge < -0.3 is 24.5 Å². The number of aliphatic hydroxyl groups excluding tert-OH is 1. The zero-order valence-electron chi connectivity index (χ0n) is 21.6. The van der Waals surface area contributed by atoms with Crippen LogP contribution in [0.25, 0.3) is 34.5 Å². The van der Waals surface area contributed by atoms with Gasteiger partial charge in [-0.2, -0.15) is 0 Å². The van der Waals surface area contributed by atoms with E-state index in [2.05, 4.69) is 9.98 Å². The van der Waals surface area contributed by atoms with Crippen molar-refractivity contribution in [3.63, 3.8) is 0 Å². The Kier molecular flexibility index (Phi) is 6.65. The summed E-state index contributed by atoms with van der Waals surface area (Å²) in [4.78, 5) is 43.6. The van der Waals surface area contributed by atoms with E-state index in [1.165, 1.54) is 36.4 Å². The molecule has 5 aromatic rings. The molecule has 0 saturated heterocycles. The minimum Gasteiger partial charge on any atom is -0.478 e. The van der Waals surface area contributed by atoms with Crippen LogP contribution in [0.5, 0.6) is 0 Å². The topological polar surface area (TPSA) is 160 Å². The molecule has 0 fully saturated rings. The summed E-state index contributed by atoms with van der Waals surface area (Å²) in [6.45, 7) is 0. The van der Waals surface area contributed by atoms with Crippen LogP contribution in [0, 0.1) is 0 Å². The summed E-state index contributed by atoms with van der Waals surface area (Å²) in [5, 5.41) is 28.8. The van der Waals surface area contributed by atoms with Crippen molar-refractivity contribution in [1.82, 2.24) is 4.98 Å². The molecule has 206 valence electrons. The van der Waals surface area contributed by atoms with Crippen molar-refractivity contribution >= 4 is 46.6 Å². The molecule has 1 unspecified atom stereocenters. The molecule has 1 aromatic heterocycles. The first-order valence-electron chi connectivity index (χ1n) is 12.6. The second kappa shape index (κ2) is 10.6.